The normalized spacial score (nSPS) is 20.9. The van der Waals surface area contributed by atoms with E-state index in [9.17, 15) is 4.79 Å². The van der Waals surface area contributed by atoms with Gasteiger partial charge < -0.3 is 4.90 Å². The first-order chi connectivity index (χ1) is 9.15. The van der Waals surface area contributed by atoms with Gasteiger partial charge >= 0.3 is 0 Å². The lowest BCUT2D eigenvalue weighted by molar-refractivity contribution is -0.130. The van der Waals surface area contributed by atoms with Gasteiger partial charge in [-0.1, -0.05) is 24.3 Å². The van der Waals surface area contributed by atoms with Crippen molar-refractivity contribution in [2.75, 3.05) is 18.6 Å². The van der Waals surface area contributed by atoms with Gasteiger partial charge in [0.25, 0.3) is 0 Å². The Bertz CT molecular complexity index is 450. The van der Waals surface area contributed by atoms with Crippen molar-refractivity contribution in [3.8, 4) is 0 Å². The Labute approximate surface area is 119 Å². The molecule has 1 aromatic rings. The van der Waals surface area contributed by atoms with Gasteiger partial charge in [0.2, 0.25) is 5.91 Å². The standard InChI is InChI=1S/C15H22N2OS/c1-11-6-4-5-7-13(11)15-16-10-14(18)17(15)12(2)8-9-19-3/h4-7,12,15-16H,8-10H2,1-3H3. The Morgan fingerprint density at radius 2 is 2.21 bits per heavy atom. The Morgan fingerprint density at radius 3 is 2.89 bits per heavy atom. The number of amides is 1. The van der Waals surface area contributed by atoms with Crippen LogP contribution in [0.15, 0.2) is 24.3 Å². The van der Waals surface area contributed by atoms with Gasteiger partial charge in [0.15, 0.2) is 0 Å². The molecular weight excluding hydrogens is 256 g/mol. The Balaban J connectivity index is 2.20. The number of nitrogens with one attached hydrogen (secondary N) is 1. The molecule has 0 aromatic heterocycles. The van der Waals surface area contributed by atoms with E-state index in [0.29, 0.717) is 6.54 Å². The van der Waals surface area contributed by atoms with Crippen molar-refractivity contribution in [2.45, 2.75) is 32.5 Å². The highest BCUT2D eigenvalue weighted by Crippen LogP contribution is 2.28. The monoisotopic (exact) mass is 278 g/mol. The van der Waals surface area contributed by atoms with E-state index >= 15 is 0 Å². The molecular formula is C15H22N2OS. The minimum absolute atomic E-state index is 0.0329. The number of benzene rings is 1. The summed E-state index contributed by atoms with van der Waals surface area (Å²) in [5, 5.41) is 3.34. The number of carbonyl (C=O) groups excluding carboxylic acids is 1. The summed E-state index contributed by atoms with van der Waals surface area (Å²) in [5.74, 6) is 1.30. The summed E-state index contributed by atoms with van der Waals surface area (Å²) in [7, 11) is 0. The molecule has 104 valence electrons. The molecule has 0 spiro atoms. The van der Waals surface area contributed by atoms with Crippen molar-refractivity contribution in [3.63, 3.8) is 0 Å². The van der Waals surface area contributed by atoms with Crippen LogP contribution in [0.1, 0.15) is 30.6 Å². The van der Waals surface area contributed by atoms with Crippen LogP contribution in [0.2, 0.25) is 0 Å². The maximum absolute atomic E-state index is 12.1. The number of thioether (sulfide) groups is 1. The van der Waals surface area contributed by atoms with Crippen molar-refractivity contribution in [3.05, 3.63) is 35.4 Å². The number of aryl methyl sites for hydroxylation is 1. The highest BCUT2D eigenvalue weighted by Gasteiger charge is 2.35. The highest BCUT2D eigenvalue weighted by atomic mass is 32.2. The van der Waals surface area contributed by atoms with Crippen molar-refractivity contribution < 1.29 is 4.79 Å². The number of hydrogen-bond donors (Lipinski definition) is 1. The van der Waals surface area contributed by atoms with Crippen molar-refractivity contribution in [1.82, 2.24) is 10.2 Å². The predicted octanol–water partition coefficient (Wildman–Crippen LogP) is 2.57. The summed E-state index contributed by atoms with van der Waals surface area (Å²) in [4.78, 5) is 14.1. The molecule has 3 nitrogen and oxygen atoms in total. The summed E-state index contributed by atoms with van der Waals surface area (Å²) in [5.41, 5.74) is 2.45. The van der Waals surface area contributed by atoms with Crippen molar-refractivity contribution >= 4 is 17.7 Å². The van der Waals surface area contributed by atoms with Gasteiger partial charge in [-0.3, -0.25) is 10.1 Å². The fourth-order valence-electron chi connectivity index (χ4n) is 2.60. The maximum atomic E-state index is 12.1. The lowest BCUT2D eigenvalue weighted by Crippen LogP contribution is -2.38. The molecule has 0 radical (unpaired) electrons. The van der Waals surface area contributed by atoms with Crippen LogP contribution in [-0.2, 0) is 4.79 Å². The van der Waals surface area contributed by atoms with Crippen LogP contribution in [0.4, 0.5) is 0 Å². The molecule has 1 fully saturated rings. The van der Waals surface area contributed by atoms with Crippen LogP contribution >= 0.6 is 11.8 Å². The second kappa shape index (κ2) is 6.44. The van der Waals surface area contributed by atoms with Gasteiger partial charge in [0.1, 0.15) is 6.17 Å². The summed E-state index contributed by atoms with van der Waals surface area (Å²) in [6.07, 6.45) is 3.18. The molecule has 19 heavy (non-hydrogen) atoms. The minimum atomic E-state index is 0.0329. The number of rotatable bonds is 5. The summed E-state index contributed by atoms with van der Waals surface area (Å²) >= 11 is 1.83. The maximum Gasteiger partial charge on any atom is 0.238 e. The third-order valence-electron chi connectivity index (χ3n) is 3.71. The lowest BCUT2D eigenvalue weighted by atomic mass is 10.0. The van der Waals surface area contributed by atoms with E-state index < -0.39 is 0 Å². The van der Waals surface area contributed by atoms with E-state index in [-0.39, 0.29) is 18.1 Å². The van der Waals surface area contributed by atoms with E-state index in [4.69, 9.17) is 0 Å². The Kier molecular flexibility index (Phi) is 4.88. The molecule has 2 unspecified atom stereocenters. The molecule has 1 aliphatic rings. The van der Waals surface area contributed by atoms with Crippen molar-refractivity contribution in [1.29, 1.82) is 0 Å². The van der Waals surface area contributed by atoms with Crippen LogP contribution in [0.5, 0.6) is 0 Å². The molecule has 1 saturated heterocycles. The Hall–Kier alpha value is -1.00. The predicted molar refractivity (Wildman–Crippen MR) is 81.2 cm³/mol. The lowest BCUT2D eigenvalue weighted by Gasteiger charge is -2.31. The summed E-state index contributed by atoms with van der Waals surface area (Å²) in [6, 6.07) is 8.57. The van der Waals surface area contributed by atoms with E-state index in [2.05, 4.69) is 37.6 Å². The average molecular weight is 278 g/mol. The first-order valence-corrected chi connectivity index (χ1v) is 8.13. The highest BCUT2D eigenvalue weighted by molar-refractivity contribution is 7.98. The molecule has 0 aliphatic carbocycles. The van der Waals surface area contributed by atoms with Gasteiger partial charge in [-0.05, 0) is 43.4 Å². The first-order valence-electron chi connectivity index (χ1n) is 6.74. The van der Waals surface area contributed by atoms with Crippen LogP contribution in [0, 0.1) is 6.92 Å². The van der Waals surface area contributed by atoms with E-state index in [1.54, 1.807) is 0 Å². The average Bonchev–Trinajstić information content (AvgIpc) is 2.78. The molecule has 4 heteroatoms. The second-order valence-corrected chi connectivity index (χ2v) is 6.06. The van der Waals surface area contributed by atoms with E-state index in [1.165, 1.54) is 11.1 Å². The number of hydrogen-bond acceptors (Lipinski definition) is 3. The molecule has 1 amide bonds. The van der Waals surface area contributed by atoms with Crippen LogP contribution in [0.25, 0.3) is 0 Å². The van der Waals surface area contributed by atoms with Gasteiger partial charge in [-0.15, -0.1) is 0 Å². The minimum Gasteiger partial charge on any atom is -0.319 e. The first kappa shape index (κ1) is 14.4. The second-order valence-electron chi connectivity index (χ2n) is 5.07. The van der Waals surface area contributed by atoms with Crippen LogP contribution < -0.4 is 5.32 Å². The van der Waals surface area contributed by atoms with Crippen molar-refractivity contribution in [2.24, 2.45) is 0 Å². The molecule has 1 aliphatic heterocycles. The van der Waals surface area contributed by atoms with Gasteiger partial charge in [-0.2, -0.15) is 11.8 Å². The van der Waals surface area contributed by atoms with Crippen LogP contribution in [0.3, 0.4) is 0 Å². The summed E-state index contributed by atoms with van der Waals surface area (Å²) in [6.45, 7) is 4.69. The van der Waals surface area contributed by atoms with Gasteiger partial charge in [0, 0.05) is 6.04 Å². The molecule has 1 N–H and O–H groups in total. The zero-order chi connectivity index (χ0) is 13.8. The smallest absolute Gasteiger partial charge is 0.238 e. The molecule has 0 bridgehead atoms. The zero-order valence-electron chi connectivity index (χ0n) is 11.8. The SMILES string of the molecule is CSCCC(C)N1C(=O)CNC1c1ccccc1C. The molecule has 1 aromatic carbocycles. The Morgan fingerprint density at radius 1 is 1.47 bits per heavy atom. The zero-order valence-corrected chi connectivity index (χ0v) is 12.7. The fourth-order valence-corrected chi connectivity index (χ4v) is 3.18. The summed E-state index contributed by atoms with van der Waals surface area (Å²) < 4.78 is 0. The third kappa shape index (κ3) is 3.12. The third-order valence-corrected chi connectivity index (χ3v) is 4.35. The molecule has 2 atom stereocenters. The number of carbonyl (C=O) groups is 1. The number of nitrogens with zero attached hydrogens (tertiary/aromatic N) is 1. The topological polar surface area (TPSA) is 32.3 Å². The van der Waals surface area contributed by atoms with Crippen LogP contribution in [-0.4, -0.2) is 35.4 Å². The van der Waals surface area contributed by atoms with Gasteiger partial charge in [-0.25, -0.2) is 0 Å². The molecule has 2 rings (SSSR count). The van der Waals surface area contributed by atoms with Gasteiger partial charge in [0.05, 0.1) is 6.54 Å². The fraction of sp³-hybridized carbons (Fsp3) is 0.533. The largest absolute Gasteiger partial charge is 0.319 e. The van der Waals surface area contributed by atoms with E-state index in [0.717, 1.165) is 12.2 Å². The molecule has 0 saturated carbocycles. The molecule has 1 heterocycles. The quantitative estimate of drug-likeness (QED) is 0.898. The van der Waals surface area contributed by atoms with E-state index in [1.807, 2.05) is 28.8 Å².